The van der Waals surface area contributed by atoms with Gasteiger partial charge in [-0.2, -0.15) is 4.98 Å². The summed E-state index contributed by atoms with van der Waals surface area (Å²) in [4.78, 5) is 25.9. The van der Waals surface area contributed by atoms with Crippen molar-refractivity contribution in [1.29, 1.82) is 0 Å². The minimum absolute atomic E-state index is 0.0520. The number of carbonyl (C=O) groups is 1. The van der Waals surface area contributed by atoms with Crippen LogP contribution in [0.15, 0.2) is 47.0 Å². The topological polar surface area (TPSA) is 92.4 Å². The van der Waals surface area contributed by atoms with Crippen LogP contribution in [-0.4, -0.2) is 69.9 Å². The van der Waals surface area contributed by atoms with Crippen LogP contribution in [0.3, 0.4) is 0 Å². The number of fused-ring (bicyclic) bond motifs is 1. The highest BCUT2D eigenvalue weighted by Crippen LogP contribution is 2.30. The Bertz CT molecular complexity index is 1310. The maximum atomic E-state index is 13.0. The molecule has 0 atom stereocenters. The summed E-state index contributed by atoms with van der Waals surface area (Å²) >= 11 is 0. The molecule has 9 heteroatoms. The van der Waals surface area contributed by atoms with E-state index in [4.69, 9.17) is 9.15 Å². The maximum absolute atomic E-state index is 13.0. The highest BCUT2D eigenvalue weighted by atomic mass is 16.5. The molecule has 1 aromatic carbocycles. The number of nitrogens with one attached hydrogen (secondary N) is 1. The zero-order chi connectivity index (χ0) is 23.3. The Labute approximate surface area is 197 Å². The first kappa shape index (κ1) is 21.0. The minimum Gasteiger partial charge on any atom is -0.422 e. The second kappa shape index (κ2) is 8.02. The van der Waals surface area contributed by atoms with Gasteiger partial charge in [0, 0.05) is 61.2 Å². The first-order valence-corrected chi connectivity index (χ1v) is 11.7. The van der Waals surface area contributed by atoms with Crippen LogP contribution in [0.25, 0.3) is 22.5 Å². The van der Waals surface area contributed by atoms with Gasteiger partial charge in [0.2, 0.25) is 5.65 Å². The molecule has 0 aliphatic carbocycles. The third-order valence-corrected chi connectivity index (χ3v) is 6.66. The quantitative estimate of drug-likeness (QED) is 0.491. The van der Waals surface area contributed by atoms with Crippen molar-refractivity contribution in [2.75, 3.05) is 44.3 Å². The second-order valence-corrected chi connectivity index (χ2v) is 9.71. The molecule has 6 rings (SSSR count). The van der Waals surface area contributed by atoms with Gasteiger partial charge in [0.05, 0.1) is 18.9 Å². The number of benzene rings is 1. The normalized spacial score (nSPS) is 17.8. The van der Waals surface area contributed by atoms with E-state index in [-0.39, 0.29) is 11.3 Å². The maximum Gasteiger partial charge on any atom is 0.300 e. The molecule has 0 bridgehead atoms. The Hall–Kier alpha value is -3.59. The van der Waals surface area contributed by atoms with Crippen LogP contribution < -0.4 is 4.90 Å². The van der Waals surface area contributed by atoms with Crippen LogP contribution >= 0.6 is 0 Å². The standard InChI is InChI=1S/C25H28N6O3/c1-17-3-8-21-22(26-17)27-24(34-21)30-11-9-29(10-12-30)23(32)19-6-4-18(5-7-19)20-13-31(28-20)14-25(2)15-33-16-25/h3-8,13,28H,9-12,14-16H2,1-2H3. The highest BCUT2D eigenvalue weighted by molar-refractivity contribution is 5.94. The van der Waals surface area contributed by atoms with E-state index in [1.807, 2.05) is 48.2 Å². The largest absolute Gasteiger partial charge is 0.422 e. The molecule has 0 unspecified atom stereocenters. The number of anilines is 1. The summed E-state index contributed by atoms with van der Waals surface area (Å²) in [5.74, 6) is 0.0520. The number of hydrogen-bond donors (Lipinski definition) is 1. The smallest absolute Gasteiger partial charge is 0.300 e. The fourth-order valence-electron chi connectivity index (χ4n) is 4.60. The molecule has 5 heterocycles. The van der Waals surface area contributed by atoms with E-state index in [0.717, 1.165) is 36.7 Å². The molecule has 176 valence electrons. The minimum atomic E-state index is 0.0520. The van der Waals surface area contributed by atoms with Gasteiger partial charge in [0.1, 0.15) is 0 Å². The molecule has 1 N–H and O–H groups in total. The predicted molar refractivity (Wildman–Crippen MR) is 128 cm³/mol. The summed E-state index contributed by atoms with van der Waals surface area (Å²) in [5.41, 5.74) is 5.30. The number of hydrogen-bond acceptors (Lipinski definition) is 6. The van der Waals surface area contributed by atoms with Crippen molar-refractivity contribution in [3.8, 4) is 11.3 Å². The average Bonchev–Trinajstić information content (AvgIpc) is 3.23. The van der Waals surface area contributed by atoms with Crippen LogP contribution in [-0.2, 0) is 11.3 Å². The van der Waals surface area contributed by atoms with Crippen molar-refractivity contribution < 1.29 is 13.9 Å². The van der Waals surface area contributed by atoms with Gasteiger partial charge in [-0.1, -0.05) is 19.1 Å². The van der Waals surface area contributed by atoms with Gasteiger partial charge in [-0.25, -0.2) is 4.98 Å². The molecule has 3 aromatic heterocycles. The number of pyridine rings is 1. The lowest BCUT2D eigenvalue weighted by Gasteiger charge is -2.39. The van der Waals surface area contributed by atoms with Gasteiger partial charge >= 0.3 is 0 Å². The molecule has 9 nitrogen and oxygen atoms in total. The predicted octanol–water partition coefficient (Wildman–Crippen LogP) is 3.33. The van der Waals surface area contributed by atoms with E-state index < -0.39 is 0 Å². The number of rotatable bonds is 5. The number of oxazole rings is 1. The van der Waals surface area contributed by atoms with Gasteiger partial charge in [-0.15, -0.1) is 0 Å². The lowest BCUT2D eigenvalue weighted by molar-refractivity contribution is -0.112. The Morgan fingerprint density at radius 3 is 2.47 bits per heavy atom. The van der Waals surface area contributed by atoms with E-state index in [1.165, 1.54) is 0 Å². The third-order valence-electron chi connectivity index (χ3n) is 6.66. The number of piperazine rings is 1. The number of carbonyl (C=O) groups excluding carboxylic acids is 1. The lowest BCUT2D eigenvalue weighted by Crippen LogP contribution is -2.48. The second-order valence-electron chi connectivity index (χ2n) is 9.71. The van der Waals surface area contributed by atoms with Gasteiger partial charge in [-0.3, -0.25) is 14.6 Å². The number of aromatic nitrogens is 4. The van der Waals surface area contributed by atoms with Crippen molar-refractivity contribution in [3.05, 3.63) is 53.9 Å². The molecule has 4 aromatic rings. The number of aryl methyl sites for hydroxylation is 1. The summed E-state index contributed by atoms with van der Waals surface area (Å²) in [5, 5.41) is 3.38. The summed E-state index contributed by atoms with van der Waals surface area (Å²) in [6.07, 6.45) is 2.11. The van der Waals surface area contributed by atoms with Crippen molar-refractivity contribution in [2.45, 2.75) is 20.4 Å². The Balaban J connectivity index is 1.06. The zero-order valence-electron chi connectivity index (χ0n) is 19.5. The number of H-pyrrole nitrogens is 1. The number of amides is 1. The molecule has 2 saturated heterocycles. The summed E-state index contributed by atoms with van der Waals surface area (Å²) < 4.78 is 13.3. The van der Waals surface area contributed by atoms with Gasteiger partial charge < -0.3 is 19.0 Å². The first-order valence-electron chi connectivity index (χ1n) is 11.7. The molecular formula is C25H28N6O3. The van der Waals surface area contributed by atoms with E-state index in [9.17, 15) is 4.79 Å². The molecule has 0 saturated carbocycles. The van der Waals surface area contributed by atoms with E-state index in [2.05, 4.69) is 37.8 Å². The molecule has 34 heavy (non-hydrogen) atoms. The molecule has 0 radical (unpaired) electrons. The Morgan fingerprint density at radius 2 is 1.79 bits per heavy atom. The summed E-state index contributed by atoms with van der Waals surface area (Å²) in [6, 6.07) is 12.2. The molecular weight excluding hydrogens is 432 g/mol. The summed E-state index contributed by atoms with van der Waals surface area (Å²) in [7, 11) is 0. The van der Waals surface area contributed by atoms with Gasteiger partial charge in [-0.05, 0) is 31.2 Å². The number of nitrogens with zero attached hydrogens (tertiary/aromatic N) is 5. The van der Waals surface area contributed by atoms with Crippen molar-refractivity contribution in [3.63, 3.8) is 0 Å². The van der Waals surface area contributed by atoms with Crippen molar-refractivity contribution in [1.82, 2.24) is 24.6 Å². The lowest BCUT2D eigenvalue weighted by atomic mass is 9.89. The van der Waals surface area contributed by atoms with E-state index in [0.29, 0.717) is 49.0 Å². The zero-order valence-corrected chi connectivity index (χ0v) is 19.5. The first-order chi connectivity index (χ1) is 16.5. The average molecular weight is 461 g/mol. The third kappa shape index (κ3) is 3.86. The van der Waals surface area contributed by atoms with Gasteiger partial charge in [0.25, 0.3) is 11.9 Å². The van der Waals surface area contributed by atoms with E-state index in [1.54, 1.807) is 0 Å². The Kier molecular flexibility index (Phi) is 4.95. The fourth-order valence-corrected chi connectivity index (χ4v) is 4.60. The SMILES string of the molecule is Cc1ccc2oc(N3CCN(C(=O)c4ccc(-c5cn(CC6(C)COC6)[nH]5)cc4)CC3)nc2n1. The molecule has 2 aliphatic heterocycles. The van der Waals surface area contributed by atoms with Crippen LogP contribution in [0.5, 0.6) is 0 Å². The molecule has 2 aliphatic rings. The van der Waals surface area contributed by atoms with Crippen LogP contribution in [0.2, 0.25) is 0 Å². The number of aromatic amines is 1. The molecule has 1 amide bonds. The van der Waals surface area contributed by atoms with E-state index >= 15 is 0 Å². The summed E-state index contributed by atoms with van der Waals surface area (Å²) in [6.45, 7) is 9.31. The van der Waals surface area contributed by atoms with Crippen molar-refractivity contribution in [2.24, 2.45) is 5.41 Å². The van der Waals surface area contributed by atoms with Crippen LogP contribution in [0.1, 0.15) is 23.0 Å². The van der Waals surface area contributed by atoms with Crippen LogP contribution in [0, 0.1) is 12.3 Å². The fraction of sp³-hybridized carbons (Fsp3) is 0.400. The highest BCUT2D eigenvalue weighted by Gasteiger charge is 2.34. The number of ether oxygens (including phenoxy) is 1. The van der Waals surface area contributed by atoms with Crippen molar-refractivity contribution >= 4 is 23.2 Å². The monoisotopic (exact) mass is 460 g/mol. The molecule has 0 spiro atoms. The van der Waals surface area contributed by atoms with Crippen LogP contribution in [0.4, 0.5) is 6.01 Å². The molecule has 2 fully saturated rings. The van der Waals surface area contributed by atoms with Gasteiger partial charge in [0.15, 0.2) is 5.58 Å². The Morgan fingerprint density at radius 1 is 1.06 bits per heavy atom.